The van der Waals surface area contributed by atoms with Crippen LogP contribution in [0.25, 0.3) is 0 Å². The molecule has 0 aliphatic carbocycles. The molecule has 6 heteroatoms. The maximum atomic E-state index is 11.4. The molecule has 2 heterocycles. The molecule has 6 nitrogen and oxygen atoms in total. The number of aryl methyl sites for hydroxylation is 1. The van der Waals surface area contributed by atoms with Crippen molar-refractivity contribution in [1.29, 1.82) is 0 Å². The SMILES string of the molecule is CCc1nc(NC)c(C)c(N2CCNC(=O)CC2)n1. The molecule has 1 saturated heterocycles. The molecule has 1 aromatic rings. The lowest BCUT2D eigenvalue weighted by molar-refractivity contribution is -0.120. The minimum atomic E-state index is 0.110. The third-order valence-electron chi connectivity index (χ3n) is 3.33. The molecule has 1 amide bonds. The van der Waals surface area contributed by atoms with E-state index >= 15 is 0 Å². The van der Waals surface area contributed by atoms with Gasteiger partial charge in [0.2, 0.25) is 5.91 Å². The molecule has 19 heavy (non-hydrogen) atoms. The van der Waals surface area contributed by atoms with Gasteiger partial charge in [0.15, 0.2) is 0 Å². The summed E-state index contributed by atoms with van der Waals surface area (Å²) in [6.07, 6.45) is 1.31. The monoisotopic (exact) mass is 263 g/mol. The van der Waals surface area contributed by atoms with Gasteiger partial charge in [-0.2, -0.15) is 0 Å². The number of carbonyl (C=O) groups excluding carboxylic acids is 1. The van der Waals surface area contributed by atoms with Crippen molar-refractivity contribution in [1.82, 2.24) is 15.3 Å². The van der Waals surface area contributed by atoms with E-state index in [0.717, 1.165) is 36.0 Å². The number of hydrogen-bond donors (Lipinski definition) is 2. The smallest absolute Gasteiger partial charge is 0.221 e. The second kappa shape index (κ2) is 5.86. The van der Waals surface area contributed by atoms with E-state index in [4.69, 9.17) is 0 Å². The van der Waals surface area contributed by atoms with E-state index in [1.54, 1.807) is 0 Å². The van der Waals surface area contributed by atoms with Gasteiger partial charge in [-0.05, 0) is 6.92 Å². The number of nitrogens with one attached hydrogen (secondary N) is 2. The van der Waals surface area contributed by atoms with Crippen molar-refractivity contribution >= 4 is 17.5 Å². The van der Waals surface area contributed by atoms with Gasteiger partial charge in [0, 0.05) is 45.1 Å². The largest absolute Gasteiger partial charge is 0.373 e. The Hall–Kier alpha value is -1.85. The van der Waals surface area contributed by atoms with Crippen LogP contribution in [0.15, 0.2) is 0 Å². The van der Waals surface area contributed by atoms with Gasteiger partial charge >= 0.3 is 0 Å². The minimum absolute atomic E-state index is 0.110. The van der Waals surface area contributed by atoms with E-state index < -0.39 is 0 Å². The van der Waals surface area contributed by atoms with Crippen molar-refractivity contribution in [3.05, 3.63) is 11.4 Å². The van der Waals surface area contributed by atoms with Crippen molar-refractivity contribution in [3.63, 3.8) is 0 Å². The molecule has 2 N–H and O–H groups in total. The summed E-state index contributed by atoms with van der Waals surface area (Å²) in [4.78, 5) is 22.7. The third-order valence-corrected chi connectivity index (χ3v) is 3.33. The van der Waals surface area contributed by atoms with E-state index in [-0.39, 0.29) is 5.91 Å². The van der Waals surface area contributed by atoms with Gasteiger partial charge in [0.05, 0.1) is 0 Å². The summed E-state index contributed by atoms with van der Waals surface area (Å²) in [7, 11) is 1.87. The molecule has 0 unspecified atom stereocenters. The topological polar surface area (TPSA) is 70.2 Å². The maximum Gasteiger partial charge on any atom is 0.221 e. The zero-order valence-electron chi connectivity index (χ0n) is 11.8. The predicted octanol–water partition coefficient (Wildman–Crippen LogP) is 0.715. The van der Waals surface area contributed by atoms with Gasteiger partial charge in [-0.1, -0.05) is 6.92 Å². The van der Waals surface area contributed by atoms with Crippen LogP contribution in [0.4, 0.5) is 11.6 Å². The summed E-state index contributed by atoms with van der Waals surface area (Å²) in [6, 6.07) is 0. The molecule has 1 fully saturated rings. The van der Waals surface area contributed by atoms with Gasteiger partial charge in [0.25, 0.3) is 0 Å². The fraction of sp³-hybridized carbons (Fsp3) is 0.615. The number of carbonyl (C=O) groups is 1. The molecule has 0 saturated carbocycles. The molecular formula is C13H21N5O. The fourth-order valence-electron chi connectivity index (χ4n) is 2.24. The van der Waals surface area contributed by atoms with E-state index in [0.29, 0.717) is 19.5 Å². The van der Waals surface area contributed by atoms with Crippen molar-refractivity contribution < 1.29 is 4.79 Å². The van der Waals surface area contributed by atoms with Crippen LogP contribution in [0.5, 0.6) is 0 Å². The molecule has 104 valence electrons. The van der Waals surface area contributed by atoms with Crippen LogP contribution in [0.2, 0.25) is 0 Å². The number of amides is 1. The highest BCUT2D eigenvalue weighted by molar-refractivity contribution is 5.77. The summed E-state index contributed by atoms with van der Waals surface area (Å²) in [5.74, 6) is 2.74. The maximum absolute atomic E-state index is 11.4. The Kier molecular flexibility index (Phi) is 4.19. The number of anilines is 2. The van der Waals surface area contributed by atoms with Crippen LogP contribution < -0.4 is 15.5 Å². The Morgan fingerprint density at radius 2 is 2.16 bits per heavy atom. The Bertz CT molecular complexity index is 474. The second-order valence-corrected chi connectivity index (χ2v) is 4.63. The fourth-order valence-corrected chi connectivity index (χ4v) is 2.24. The van der Waals surface area contributed by atoms with E-state index in [1.165, 1.54) is 0 Å². The molecule has 1 aromatic heterocycles. The first kappa shape index (κ1) is 13.6. The molecule has 0 spiro atoms. The first-order valence-electron chi connectivity index (χ1n) is 6.72. The molecule has 0 radical (unpaired) electrons. The van der Waals surface area contributed by atoms with Crippen molar-refractivity contribution in [2.75, 3.05) is 36.9 Å². The number of aromatic nitrogens is 2. The van der Waals surface area contributed by atoms with Crippen molar-refractivity contribution in [2.45, 2.75) is 26.7 Å². The van der Waals surface area contributed by atoms with Gasteiger partial charge in [-0.25, -0.2) is 9.97 Å². The predicted molar refractivity (Wildman–Crippen MR) is 75.5 cm³/mol. The van der Waals surface area contributed by atoms with Crippen LogP contribution in [0, 0.1) is 6.92 Å². The van der Waals surface area contributed by atoms with Gasteiger partial charge in [-0.3, -0.25) is 4.79 Å². The van der Waals surface area contributed by atoms with E-state index in [9.17, 15) is 4.79 Å². The molecule has 1 aliphatic rings. The van der Waals surface area contributed by atoms with Gasteiger partial charge in [-0.15, -0.1) is 0 Å². The zero-order chi connectivity index (χ0) is 13.8. The number of hydrogen-bond acceptors (Lipinski definition) is 5. The van der Waals surface area contributed by atoms with Crippen LogP contribution in [0.3, 0.4) is 0 Å². The van der Waals surface area contributed by atoms with Gasteiger partial charge in [0.1, 0.15) is 17.5 Å². The van der Waals surface area contributed by atoms with Crippen LogP contribution >= 0.6 is 0 Å². The van der Waals surface area contributed by atoms with Crippen LogP contribution in [-0.4, -0.2) is 42.6 Å². The van der Waals surface area contributed by atoms with Crippen molar-refractivity contribution in [2.24, 2.45) is 0 Å². The molecule has 1 aliphatic heterocycles. The van der Waals surface area contributed by atoms with Crippen molar-refractivity contribution in [3.8, 4) is 0 Å². The third kappa shape index (κ3) is 2.94. The summed E-state index contributed by atoms with van der Waals surface area (Å²) in [6.45, 7) is 6.21. The quantitative estimate of drug-likeness (QED) is 0.840. The average Bonchev–Trinajstić information content (AvgIpc) is 2.64. The second-order valence-electron chi connectivity index (χ2n) is 4.63. The van der Waals surface area contributed by atoms with Gasteiger partial charge < -0.3 is 15.5 Å². The number of nitrogens with zero attached hydrogens (tertiary/aromatic N) is 3. The highest BCUT2D eigenvalue weighted by Gasteiger charge is 2.19. The highest BCUT2D eigenvalue weighted by Crippen LogP contribution is 2.24. The zero-order valence-corrected chi connectivity index (χ0v) is 11.8. The van der Waals surface area contributed by atoms with E-state index in [1.807, 2.05) is 20.9 Å². The first-order chi connectivity index (χ1) is 9.15. The summed E-state index contributed by atoms with van der Waals surface area (Å²) >= 11 is 0. The Morgan fingerprint density at radius 1 is 1.37 bits per heavy atom. The molecule has 0 aromatic carbocycles. The average molecular weight is 263 g/mol. The molecule has 0 atom stereocenters. The van der Waals surface area contributed by atoms with E-state index in [2.05, 4.69) is 25.5 Å². The number of rotatable bonds is 3. The minimum Gasteiger partial charge on any atom is -0.373 e. The van der Waals surface area contributed by atoms with Crippen LogP contribution in [0.1, 0.15) is 24.7 Å². The molecule has 2 rings (SSSR count). The summed E-state index contributed by atoms with van der Waals surface area (Å²) in [5, 5.41) is 5.99. The lowest BCUT2D eigenvalue weighted by Crippen LogP contribution is -2.30. The van der Waals surface area contributed by atoms with Crippen LogP contribution in [-0.2, 0) is 11.2 Å². The normalized spacial score (nSPS) is 15.9. The molecular weight excluding hydrogens is 242 g/mol. The summed E-state index contributed by atoms with van der Waals surface area (Å²) in [5.41, 5.74) is 1.04. The Labute approximate surface area is 113 Å². The summed E-state index contributed by atoms with van der Waals surface area (Å²) < 4.78 is 0. The Balaban J connectivity index is 2.34. The first-order valence-corrected chi connectivity index (χ1v) is 6.72. The standard InChI is InChI=1S/C13H21N5O/c1-4-10-16-12(14-3)9(2)13(17-10)18-7-5-11(19)15-6-8-18/h4-8H2,1-3H3,(H,15,19)(H,14,16,17). The Morgan fingerprint density at radius 3 is 2.84 bits per heavy atom. The lowest BCUT2D eigenvalue weighted by Gasteiger charge is -2.24. The lowest BCUT2D eigenvalue weighted by atomic mass is 10.2. The highest BCUT2D eigenvalue weighted by atomic mass is 16.1. The molecule has 0 bridgehead atoms.